The van der Waals surface area contributed by atoms with Crippen LogP contribution in [0, 0.1) is 13.8 Å². The summed E-state index contributed by atoms with van der Waals surface area (Å²) in [6, 6.07) is 11.4. The van der Waals surface area contributed by atoms with E-state index in [1.54, 1.807) is 4.40 Å². The number of hydrogen-bond donors (Lipinski definition) is 1. The monoisotopic (exact) mass is 343 g/mol. The highest BCUT2D eigenvalue weighted by Crippen LogP contribution is 2.21. The van der Waals surface area contributed by atoms with Crippen LogP contribution in [0.5, 0.6) is 0 Å². The standard InChI is InChI=1S/C16H14BrN3O/c1-10-9-12(6-7-13(10)17)19-16(21)15-11(2)18-14-5-3-4-8-20(14)15/h3-9H,1-2H3,(H,19,21). The fourth-order valence-corrected chi connectivity index (χ4v) is 2.55. The number of carbonyl (C=O) groups is 1. The van der Waals surface area contributed by atoms with Crippen molar-refractivity contribution in [2.75, 3.05) is 5.32 Å². The lowest BCUT2D eigenvalue weighted by Gasteiger charge is -2.07. The van der Waals surface area contributed by atoms with Gasteiger partial charge in [0.2, 0.25) is 0 Å². The van der Waals surface area contributed by atoms with Gasteiger partial charge >= 0.3 is 0 Å². The zero-order valence-electron chi connectivity index (χ0n) is 11.7. The predicted molar refractivity (Wildman–Crippen MR) is 86.8 cm³/mol. The number of fused-ring (bicyclic) bond motifs is 1. The number of benzene rings is 1. The number of aryl methyl sites for hydroxylation is 2. The number of anilines is 1. The first kappa shape index (κ1) is 13.8. The second-order valence-corrected chi connectivity index (χ2v) is 5.75. The largest absolute Gasteiger partial charge is 0.321 e. The van der Waals surface area contributed by atoms with Crippen molar-refractivity contribution in [1.82, 2.24) is 9.38 Å². The quantitative estimate of drug-likeness (QED) is 0.765. The molecule has 3 rings (SSSR count). The Morgan fingerprint density at radius 2 is 2.05 bits per heavy atom. The van der Waals surface area contributed by atoms with E-state index in [4.69, 9.17) is 0 Å². The summed E-state index contributed by atoms with van der Waals surface area (Å²) >= 11 is 3.45. The molecule has 2 heterocycles. The number of nitrogens with one attached hydrogen (secondary N) is 1. The van der Waals surface area contributed by atoms with Crippen LogP contribution < -0.4 is 5.32 Å². The van der Waals surface area contributed by atoms with E-state index < -0.39 is 0 Å². The van der Waals surface area contributed by atoms with Crippen molar-refractivity contribution in [3.8, 4) is 0 Å². The molecular weight excluding hydrogens is 330 g/mol. The summed E-state index contributed by atoms with van der Waals surface area (Å²) < 4.78 is 2.82. The lowest BCUT2D eigenvalue weighted by Crippen LogP contribution is -2.15. The molecule has 0 aliphatic rings. The van der Waals surface area contributed by atoms with Crippen LogP contribution in [0.3, 0.4) is 0 Å². The molecule has 0 saturated carbocycles. The van der Waals surface area contributed by atoms with Crippen molar-refractivity contribution in [1.29, 1.82) is 0 Å². The number of pyridine rings is 1. The Labute approximate surface area is 131 Å². The van der Waals surface area contributed by atoms with Gasteiger partial charge in [-0.15, -0.1) is 0 Å². The molecule has 2 aromatic heterocycles. The predicted octanol–water partition coefficient (Wildman–Crippen LogP) is 3.97. The highest BCUT2D eigenvalue weighted by atomic mass is 79.9. The summed E-state index contributed by atoms with van der Waals surface area (Å²) in [5.41, 5.74) is 3.89. The van der Waals surface area contributed by atoms with Crippen molar-refractivity contribution in [2.45, 2.75) is 13.8 Å². The maximum atomic E-state index is 12.5. The molecule has 1 aromatic carbocycles. The summed E-state index contributed by atoms with van der Waals surface area (Å²) in [5, 5.41) is 2.92. The van der Waals surface area contributed by atoms with Gasteiger partial charge in [0.05, 0.1) is 5.69 Å². The average molecular weight is 344 g/mol. The van der Waals surface area contributed by atoms with E-state index in [-0.39, 0.29) is 5.91 Å². The summed E-state index contributed by atoms with van der Waals surface area (Å²) in [6.45, 7) is 3.83. The number of rotatable bonds is 2. The van der Waals surface area contributed by atoms with Gasteiger partial charge in [-0.25, -0.2) is 4.98 Å². The third-order valence-electron chi connectivity index (χ3n) is 3.34. The maximum absolute atomic E-state index is 12.5. The molecule has 1 amide bonds. The molecule has 0 fully saturated rings. The van der Waals surface area contributed by atoms with E-state index >= 15 is 0 Å². The molecule has 0 bridgehead atoms. The van der Waals surface area contributed by atoms with Gasteiger partial charge in [-0.05, 0) is 49.7 Å². The van der Waals surface area contributed by atoms with Gasteiger partial charge in [0.1, 0.15) is 11.3 Å². The van der Waals surface area contributed by atoms with Gasteiger partial charge in [-0.1, -0.05) is 22.0 Å². The number of aromatic nitrogens is 2. The van der Waals surface area contributed by atoms with Gasteiger partial charge in [0, 0.05) is 16.4 Å². The summed E-state index contributed by atoms with van der Waals surface area (Å²) in [6.07, 6.45) is 1.84. The highest BCUT2D eigenvalue weighted by Gasteiger charge is 2.16. The minimum atomic E-state index is -0.159. The van der Waals surface area contributed by atoms with Gasteiger partial charge < -0.3 is 5.32 Å². The first-order chi connectivity index (χ1) is 10.1. The Morgan fingerprint density at radius 1 is 1.24 bits per heavy atom. The van der Waals surface area contributed by atoms with E-state index in [2.05, 4.69) is 26.2 Å². The van der Waals surface area contributed by atoms with Crippen molar-refractivity contribution in [2.24, 2.45) is 0 Å². The second kappa shape index (κ2) is 5.33. The molecule has 0 radical (unpaired) electrons. The van der Waals surface area contributed by atoms with E-state index in [0.29, 0.717) is 11.4 Å². The fraction of sp³-hybridized carbons (Fsp3) is 0.125. The zero-order valence-corrected chi connectivity index (χ0v) is 13.3. The third kappa shape index (κ3) is 2.56. The van der Waals surface area contributed by atoms with Crippen molar-refractivity contribution in [3.63, 3.8) is 0 Å². The summed E-state index contributed by atoms with van der Waals surface area (Å²) in [4.78, 5) is 16.9. The number of imidazole rings is 1. The summed E-state index contributed by atoms with van der Waals surface area (Å²) in [7, 11) is 0. The lowest BCUT2D eigenvalue weighted by molar-refractivity contribution is 0.102. The van der Waals surface area contributed by atoms with E-state index in [9.17, 15) is 4.79 Å². The van der Waals surface area contributed by atoms with Gasteiger partial charge in [0.15, 0.2) is 0 Å². The van der Waals surface area contributed by atoms with E-state index in [1.807, 2.05) is 56.4 Å². The molecule has 5 heteroatoms. The van der Waals surface area contributed by atoms with Crippen molar-refractivity contribution in [3.05, 3.63) is 64.0 Å². The lowest BCUT2D eigenvalue weighted by atomic mass is 10.2. The Bertz CT molecular complexity index is 839. The van der Waals surface area contributed by atoms with Gasteiger partial charge in [-0.3, -0.25) is 9.20 Å². The molecule has 0 atom stereocenters. The Morgan fingerprint density at radius 3 is 2.81 bits per heavy atom. The van der Waals surface area contributed by atoms with Crippen LogP contribution in [0.1, 0.15) is 21.7 Å². The zero-order chi connectivity index (χ0) is 15.0. The first-order valence-corrected chi connectivity index (χ1v) is 7.37. The molecule has 21 heavy (non-hydrogen) atoms. The van der Waals surface area contributed by atoms with Crippen LogP contribution in [-0.4, -0.2) is 15.3 Å². The van der Waals surface area contributed by atoms with Crippen LogP contribution in [0.2, 0.25) is 0 Å². The Balaban J connectivity index is 1.97. The third-order valence-corrected chi connectivity index (χ3v) is 4.22. The molecule has 3 aromatic rings. The normalized spacial score (nSPS) is 10.8. The second-order valence-electron chi connectivity index (χ2n) is 4.89. The molecule has 1 N–H and O–H groups in total. The molecule has 0 aliphatic carbocycles. The molecule has 0 spiro atoms. The van der Waals surface area contributed by atoms with Crippen molar-refractivity contribution >= 4 is 33.2 Å². The average Bonchev–Trinajstić information content (AvgIpc) is 2.78. The molecule has 106 valence electrons. The van der Waals surface area contributed by atoms with Gasteiger partial charge in [-0.2, -0.15) is 0 Å². The summed E-state index contributed by atoms with van der Waals surface area (Å²) in [5.74, 6) is -0.159. The number of halogens is 1. The number of hydrogen-bond acceptors (Lipinski definition) is 2. The smallest absolute Gasteiger partial charge is 0.274 e. The van der Waals surface area contributed by atoms with Crippen LogP contribution in [0.25, 0.3) is 5.65 Å². The first-order valence-electron chi connectivity index (χ1n) is 6.57. The minimum absolute atomic E-state index is 0.159. The van der Waals surface area contributed by atoms with Gasteiger partial charge in [0.25, 0.3) is 5.91 Å². The fourth-order valence-electron chi connectivity index (χ4n) is 2.30. The topological polar surface area (TPSA) is 46.4 Å². The molecular formula is C16H14BrN3O. The van der Waals surface area contributed by atoms with Crippen LogP contribution in [0.4, 0.5) is 5.69 Å². The molecule has 4 nitrogen and oxygen atoms in total. The number of carbonyl (C=O) groups excluding carboxylic acids is 1. The Kier molecular flexibility index (Phi) is 3.51. The number of nitrogens with zero attached hydrogens (tertiary/aromatic N) is 2. The van der Waals surface area contributed by atoms with Crippen LogP contribution >= 0.6 is 15.9 Å². The van der Waals surface area contributed by atoms with Crippen LogP contribution in [-0.2, 0) is 0 Å². The van der Waals surface area contributed by atoms with Crippen LogP contribution in [0.15, 0.2) is 47.1 Å². The van der Waals surface area contributed by atoms with Crippen molar-refractivity contribution < 1.29 is 4.79 Å². The van der Waals surface area contributed by atoms with E-state index in [1.165, 1.54) is 0 Å². The minimum Gasteiger partial charge on any atom is -0.321 e. The van der Waals surface area contributed by atoms with E-state index in [0.717, 1.165) is 21.4 Å². The SMILES string of the molecule is Cc1cc(NC(=O)c2c(C)nc3ccccn23)ccc1Br. The highest BCUT2D eigenvalue weighted by molar-refractivity contribution is 9.10. The molecule has 0 saturated heterocycles. The maximum Gasteiger partial charge on any atom is 0.274 e. The molecule has 0 aliphatic heterocycles. The number of amides is 1. The molecule has 0 unspecified atom stereocenters. The Hall–Kier alpha value is -2.14.